The molecule has 0 radical (unpaired) electrons. The minimum Gasteiger partial charge on any atom is -0.379 e. The zero-order chi connectivity index (χ0) is 19.2. The summed E-state index contributed by atoms with van der Waals surface area (Å²) in [5.74, 6) is 0.646. The molecule has 0 amide bonds. The van der Waals surface area contributed by atoms with Crippen LogP contribution in [-0.2, 0) is 4.74 Å². The first-order chi connectivity index (χ1) is 13.8. The molecule has 0 bridgehead atoms. The van der Waals surface area contributed by atoms with Crippen molar-refractivity contribution < 1.29 is 4.74 Å². The van der Waals surface area contributed by atoms with Crippen LogP contribution in [0.4, 0.5) is 5.13 Å². The molecule has 8 heteroatoms. The lowest BCUT2D eigenvalue weighted by Gasteiger charge is -2.36. The summed E-state index contributed by atoms with van der Waals surface area (Å²) in [6, 6.07) is 10.8. The Balaban J connectivity index is 1.39. The minimum atomic E-state index is 0.236. The number of guanidine groups is 1. The first-order valence-corrected chi connectivity index (χ1v) is 10.8. The summed E-state index contributed by atoms with van der Waals surface area (Å²) < 4.78 is 5.53. The highest BCUT2D eigenvalue weighted by Crippen LogP contribution is 2.23. The van der Waals surface area contributed by atoms with E-state index in [0.29, 0.717) is 12.5 Å². The normalized spacial score (nSPS) is 20.4. The molecule has 4 rings (SSSR count). The third-order valence-corrected chi connectivity index (χ3v) is 6.22. The number of aliphatic imine (C=N–C) groups is 1. The number of thiazole rings is 1. The van der Waals surface area contributed by atoms with Crippen molar-refractivity contribution in [3.63, 3.8) is 0 Å². The van der Waals surface area contributed by atoms with Crippen molar-refractivity contribution in [3.8, 4) is 0 Å². The topological polar surface area (TPSA) is 70.2 Å². The number of nitrogens with zero attached hydrogens (tertiary/aromatic N) is 5. The van der Waals surface area contributed by atoms with Gasteiger partial charge in [0.05, 0.1) is 25.8 Å². The Morgan fingerprint density at radius 2 is 1.86 bits per heavy atom. The summed E-state index contributed by atoms with van der Waals surface area (Å²) in [5, 5.41) is 3.11. The Kier molecular flexibility index (Phi) is 6.41. The standard InChI is InChI=1S/C20H28N6OS/c21-19(25-7-9-26(10-8-25)20-22-6-15-28-20)23-16-18(17-4-2-1-3-5-17)24-11-13-27-14-12-24/h1-6,15,18H,7-14,16H2,(H2,21,23). The van der Waals surface area contributed by atoms with Gasteiger partial charge in [0.1, 0.15) is 0 Å². The monoisotopic (exact) mass is 400 g/mol. The van der Waals surface area contributed by atoms with Crippen LogP contribution in [0.5, 0.6) is 0 Å². The quantitative estimate of drug-likeness (QED) is 0.608. The van der Waals surface area contributed by atoms with Gasteiger partial charge in [-0.3, -0.25) is 9.89 Å². The highest BCUT2D eigenvalue weighted by Gasteiger charge is 2.24. The van der Waals surface area contributed by atoms with Gasteiger partial charge < -0.3 is 20.3 Å². The molecule has 1 aromatic carbocycles. The number of piperazine rings is 1. The summed E-state index contributed by atoms with van der Waals surface area (Å²) in [7, 11) is 0. The lowest BCUT2D eigenvalue weighted by atomic mass is 10.1. The van der Waals surface area contributed by atoms with Crippen LogP contribution >= 0.6 is 11.3 Å². The van der Waals surface area contributed by atoms with E-state index in [0.717, 1.165) is 57.6 Å². The molecule has 150 valence electrons. The van der Waals surface area contributed by atoms with Crippen molar-refractivity contribution in [2.75, 3.05) is 63.9 Å². The van der Waals surface area contributed by atoms with Gasteiger partial charge in [-0.1, -0.05) is 30.3 Å². The van der Waals surface area contributed by atoms with E-state index >= 15 is 0 Å². The number of rotatable bonds is 5. The van der Waals surface area contributed by atoms with Gasteiger partial charge in [0.25, 0.3) is 0 Å². The van der Waals surface area contributed by atoms with Crippen molar-refractivity contribution in [2.45, 2.75) is 6.04 Å². The van der Waals surface area contributed by atoms with Crippen LogP contribution in [0.3, 0.4) is 0 Å². The lowest BCUT2D eigenvalue weighted by Crippen LogP contribution is -2.51. The molecule has 1 aromatic heterocycles. The van der Waals surface area contributed by atoms with Crippen LogP contribution < -0.4 is 10.6 Å². The Morgan fingerprint density at radius 3 is 2.54 bits per heavy atom. The van der Waals surface area contributed by atoms with Gasteiger partial charge in [-0.05, 0) is 5.56 Å². The molecule has 2 saturated heterocycles. The number of hydrogen-bond acceptors (Lipinski definition) is 6. The van der Waals surface area contributed by atoms with Crippen molar-refractivity contribution in [2.24, 2.45) is 10.7 Å². The molecule has 2 fully saturated rings. The first-order valence-electron chi connectivity index (χ1n) is 9.87. The summed E-state index contributed by atoms with van der Waals surface area (Å²) in [4.78, 5) is 16.2. The molecular formula is C20H28N6OS. The SMILES string of the molecule is NC(=NCC(c1ccccc1)N1CCOCC1)N1CCN(c2nccs2)CC1. The summed E-state index contributed by atoms with van der Waals surface area (Å²) >= 11 is 1.69. The molecule has 0 aliphatic carbocycles. The molecule has 1 atom stereocenters. The molecule has 2 aromatic rings. The summed E-state index contributed by atoms with van der Waals surface area (Å²) in [6.07, 6.45) is 1.86. The van der Waals surface area contributed by atoms with Crippen LogP contribution in [0, 0.1) is 0 Å². The molecule has 7 nitrogen and oxygen atoms in total. The Hall–Kier alpha value is -2.16. The largest absolute Gasteiger partial charge is 0.379 e. The molecule has 1 unspecified atom stereocenters. The zero-order valence-electron chi connectivity index (χ0n) is 16.1. The highest BCUT2D eigenvalue weighted by atomic mass is 32.1. The van der Waals surface area contributed by atoms with Crippen molar-refractivity contribution in [3.05, 3.63) is 47.5 Å². The molecule has 2 aliphatic heterocycles. The number of anilines is 1. The number of aromatic nitrogens is 1. The van der Waals surface area contributed by atoms with Gasteiger partial charge in [0.2, 0.25) is 0 Å². The third-order valence-electron chi connectivity index (χ3n) is 5.39. The second-order valence-corrected chi connectivity index (χ2v) is 7.94. The number of benzene rings is 1. The molecule has 3 heterocycles. The van der Waals surface area contributed by atoms with Gasteiger partial charge in [0.15, 0.2) is 11.1 Å². The van der Waals surface area contributed by atoms with E-state index in [2.05, 4.69) is 50.0 Å². The summed E-state index contributed by atoms with van der Waals surface area (Å²) in [6.45, 7) is 7.70. The van der Waals surface area contributed by atoms with Gasteiger partial charge in [-0.2, -0.15) is 0 Å². The first kappa shape index (κ1) is 19.2. The molecule has 2 aliphatic rings. The Labute approximate surface area is 170 Å². The maximum Gasteiger partial charge on any atom is 0.191 e. The van der Waals surface area contributed by atoms with E-state index in [1.54, 1.807) is 11.3 Å². The minimum absolute atomic E-state index is 0.236. The van der Waals surface area contributed by atoms with E-state index < -0.39 is 0 Å². The maximum absolute atomic E-state index is 6.37. The average molecular weight is 401 g/mol. The Bertz CT molecular complexity index is 739. The predicted octanol–water partition coefficient (Wildman–Crippen LogP) is 1.65. The average Bonchev–Trinajstić information content (AvgIpc) is 3.30. The van der Waals surface area contributed by atoms with E-state index in [1.165, 1.54) is 5.56 Å². The van der Waals surface area contributed by atoms with E-state index in [9.17, 15) is 0 Å². The van der Waals surface area contributed by atoms with Crippen LogP contribution in [0.2, 0.25) is 0 Å². The third kappa shape index (κ3) is 4.63. The van der Waals surface area contributed by atoms with Gasteiger partial charge >= 0.3 is 0 Å². The van der Waals surface area contributed by atoms with Crippen molar-refractivity contribution in [1.82, 2.24) is 14.8 Å². The number of nitrogens with two attached hydrogens (primary N) is 1. The van der Waals surface area contributed by atoms with E-state index in [-0.39, 0.29) is 6.04 Å². The maximum atomic E-state index is 6.37. The number of morpholine rings is 1. The van der Waals surface area contributed by atoms with E-state index in [4.69, 9.17) is 15.5 Å². The van der Waals surface area contributed by atoms with Crippen LogP contribution in [0.1, 0.15) is 11.6 Å². The Morgan fingerprint density at radius 1 is 1.11 bits per heavy atom. The van der Waals surface area contributed by atoms with E-state index in [1.807, 2.05) is 11.6 Å². The van der Waals surface area contributed by atoms with Crippen LogP contribution in [0.15, 0.2) is 46.9 Å². The summed E-state index contributed by atoms with van der Waals surface area (Å²) in [5.41, 5.74) is 7.66. The van der Waals surface area contributed by atoms with Gasteiger partial charge in [0, 0.05) is 50.8 Å². The molecular weight excluding hydrogens is 372 g/mol. The van der Waals surface area contributed by atoms with Gasteiger partial charge in [-0.15, -0.1) is 11.3 Å². The molecule has 2 N–H and O–H groups in total. The van der Waals surface area contributed by atoms with Gasteiger partial charge in [-0.25, -0.2) is 4.98 Å². The fraction of sp³-hybridized carbons (Fsp3) is 0.500. The predicted molar refractivity (Wildman–Crippen MR) is 114 cm³/mol. The second-order valence-electron chi connectivity index (χ2n) is 7.06. The van der Waals surface area contributed by atoms with Crippen LogP contribution in [-0.4, -0.2) is 79.8 Å². The number of ether oxygens (including phenoxy) is 1. The fourth-order valence-electron chi connectivity index (χ4n) is 3.77. The molecule has 0 saturated carbocycles. The van der Waals surface area contributed by atoms with Crippen LogP contribution in [0.25, 0.3) is 0 Å². The zero-order valence-corrected chi connectivity index (χ0v) is 16.9. The fourth-order valence-corrected chi connectivity index (χ4v) is 4.47. The second kappa shape index (κ2) is 9.36. The smallest absolute Gasteiger partial charge is 0.191 e. The highest BCUT2D eigenvalue weighted by molar-refractivity contribution is 7.13. The van der Waals surface area contributed by atoms with Crippen molar-refractivity contribution in [1.29, 1.82) is 0 Å². The molecule has 28 heavy (non-hydrogen) atoms. The number of hydrogen-bond donors (Lipinski definition) is 1. The lowest BCUT2D eigenvalue weighted by molar-refractivity contribution is 0.0179. The van der Waals surface area contributed by atoms with Crippen molar-refractivity contribution >= 4 is 22.4 Å². The molecule has 0 spiro atoms.